The molecule has 0 atom stereocenters. The highest BCUT2D eigenvalue weighted by atomic mass is 16.5. The standard InChI is InChI=1S/C9H9N3O3/c1-5-8(9(13)14)12-4-7(15-2)10-3-6(12)11-5/h3-4H,1-2H3,(H,13,14). The second-order valence-electron chi connectivity index (χ2n) is 3.01. The third kappa shape index (κ3) is 1.39. The molecule has 2 rings (SSSR count). The first-order chi connectivity index (χ1) is 7.13. The van der Waals surface area contributed by atoms with Crippen LogP contribution in [0.2, 0.25) is 0 Å². The Morgan fingerprint density at radius 2 is 2.33 bits per heavy atom. The van der Waals surface area contributed by atoms with Crippen LogP contribution in [-0.4, -0.2) is 32.6 Å². The fourth-order valence-corrected chi connectivity index (χ4v) is 1.42. The molecule has 0 saturated heterocycles. The predicted molar refractivity (Wildman–Crippen MR) is 51.2 cm³/mol. The van der Waals surface area contributed by atoms with Crippen LogP contribution in [0.25, 0.3) is 5.65 Å². The third-order valence-corrected chi connectivity index (χ3v) is 2.07. The summed E-state index contributed by atoms with van der Waals surface area (Å²) in [5.41, 5.74) is 1.08. The number of carboxylic acids is 1. The zero-order chi connectivity index (χ0) is 11.0. The first kappa shape index (κ1) is 9.45. The normalized spacial score (nSPS) is 10.5. The summed E-state index contributed by atoms with van der Waals surface area (Å²) >= 11 is 0. The second kappa shape index (κ2) is 3.23. The average molecular weight is 207 g/mol. The predicted octanol–water partition coefficient (Wildman–Crippen LogP) is 0.745. The minimum Gasteiger partial charge on any atom is -0.480 e. The van der Waals surface area contributed by atoms with Gasteiger partial charge in [0.2, 0.25) is 5.88 Å². The number of hydrogen-bond acceptors (Lipinski definition) is 4. The lowest BCUT2D eigenvalue weighted by Gasteiger charge is -2.00. The molecule has 2 aromatic rings. The van der Waals surface area contributed by atoms with Gasteiger partial charge in [-0.3, -0.25) is 4.40 Å². The fourth-order valence-electron chi connectivity index (χ4n) is 1.42. The van der Waals surface area contributed by atoms with Gasteiger partial charge in [-0.05, 0) is 6.92 Å². The Balaban J connectivity index is 2.77. The molecule has 0 fully saturated rings. The molecule has 2 heterocycles. The lowest BCUT2D eigenvalue weighted by molar-refractivity contribution is 0.0688. The Bertz CT molecular complexity index is 533. The molecule has 1 N–H and O–H groups in total. The highest BCUT2D eigenvalue weighted by Crippen LogP contribution is 2.14. The smallest absolute Gasteiger partial charge is 0.354 e. The van der Waals surface area contributed by atoms with Crippen LogP contribution in [0.3, 0.4) is 0 Å². The fraction of sp³-hybridized carbons (Fsp3) is 0.222. The lowest BCUT2D eigenvalue weighted by Crippen LogP contribution is -2.04. The number of ether oxygens (including phenoxy) is 1. The molecule has 0 aliphatic carbocycles. The van der Waals surface area contributed by atoms with E-state index in [0.29, 0.717) is 17.2 Å². The van der Waals surface area contributed by atoms with Gasteiger partial charge >= 0.3 is 5.97 Å². The number of aromatic nitrogens is 3. The van der Waals surface area contributed by atoms with Crippen molar-refractivity contribution >= 4 is 11.6 Å². The molecule has 0 unspecified atom stereocenters. The molecule has 0 aliphatic rings. The third-order valence-electron chi connectivity index (χ3n) is 2.07. The van der Waals surface area contributed by atoms with E-state index in [2.05, 4.69) is 9.97 Å². The van der Waals surface area contributed by atoms with Crippen LogP contribution in [0.15, 0.2) is 12.4 Å². The van der Waals surface area contributed by atoms with Gasteiger partial charge in [0, 0.05) is 0 Å². The summed E-state index contributed by atoms with van der Waals surface area (Å²) in [4.78, 5) is 19.0. The molecule has 0 bridgehead atoms. The maximum atomic E-state index is 11.0. The molecular formula is C9H9N3O3. The van der Waals surface area contributed by atoms with Gasteiger partial charge in [0.15, 0.2) is 11.3 Å². The number of methoxy groups -OCH3 is 1. The number of fused-ring (bicyclic) bond motifs is 1. The van der Waals surface area contributed by atoms with Crippen molar-refractivity contribution in [3.8, 4) is 5.88 Å². The zero-order valence-electron chi connectivity index (χ0n) is 8.26. The number of carbonyl (C=O) groups is 1. The van der Waals surface area contributed by atoms with E-state index in [1.165, 1.54) is 23.9 Å². The first-order valence-electron chi connectivity index (χ1n) is 4.25. The molecular weight excluding hydrogens is 198 g/mol. The van der Waals surface area contributed by atoms with Crippen molar-refractivity contribution in [1.29, 1.82) is 0 Å². The maximum absolute atomic E-state index is 11.0. The number of hydrogen-bond donors (Lipinski definition) is 1. The number of nitrogens with zero attached hydrogens (tertiary/aromatic N) is 3. The number of imidazole rings is 1. The van der Waals surface area contributed by atoms with Crippen LogP contribution in [0.1, 0.15) is 16.2 Å². The van der Waals surface area contributed by atoms with Crippen LogP contribution in [0.5, 0.6) is 5.88 Å². The Kier molecular flexibility index (Phi) is 2.03. The van der Waals surface area contributed by atoms with Gasteiger partial charge in [-0.1, -0.05) is 0 Å². The van der Waals surface area contributed by atoms with E-state index in [9.17, 15) is 4.79 Å². The lowest BCUT2D eigenvalue weighted by atomic mass is 10.3. The Morgan fingerprint density at radius 3 is 2.93 bits per heavy atom. The van der Waals surface area contributed by atoms with Crippen LogP contribution < -0.4 is 4.74 Å². The van der Waals surface area contributed by atoms with E-state index in [0.717, 1.165) is 0 Å². The van der Waals surface area contributed by atoms with Crippen molar-refractivity contribution in [2.75, 3.05) is 7.11 Å². The van der Waals surface area contributed by atoms with E-state index in [4.69, 9.17) is 9.84 Å². The summed E-state index contributed by atoms with van der Waals surface area (Å²) in [6, 6.07) is 0. The largest absolute Gasteiger partial charge is 0.480 e. The Hall–Kier alpha value is -2.11. The first-order valence-corrected chi connectivity index (χ1v) is 4.25. The number of aryl methyl sites for hydroxylation is 1. The van der Waals surface area contributed by atoms with Gasteiger partial charge < -0.3 is 9.84 Å². The van der Waals surface area contributed by atoms with Crippen molar-refractivity contribution in [3.05, 3.63) is 23.8 Å². The summed E-state index contributed by atoms with van der Waals surface area (Å²) in [5, 5.41) is 8.99. The highest BCUT2D eigenvalue weighted by molar-refractivity contribution is 5.88. The topological polar surface area (TPSA) is 76.7 Å². The van der Waals surface area contributed by atoms with Gasteiger partial charge in [0.1, 0.15) is 0 Å². The molecule has 0 aromatic carbocycles. The van der Waals surface area contributed by atoms with E-state index < -0.39 is 5.97 Å². The van der Waals surface area contributed by atoms with Crippen molar-refractivity contribution < 1.29 is 14.6 Å². The van der Waals surface area contributed by atoms with Crippen LogP contribution in [0.4, 0.5) is 0 Å². The summed E-state index contributed by atoms with van der Waals surface area (Å²) in [5.74, 6) is -0.671. The molecule has 78 valence electrons. The monoisotopic (exact) mass is 207 g/mol. The van der Waals surface area contributed by atoms with Crippen molar-refractivity contribution in [3.63, 3.8) is 0 Å². The average Bonchev–Trinajstić information content (AvgIpc) is 2.52. The Morgan fingerprint density at radius 1 is 1.60 bits per heavy atom. The van der Waals surface area contributed by atoms with Crippen molar-refractivity contribution in [1.82, 2.24) is 14.4 Å². The van der Waals surface area contributed by atoms with Crippen LogP contribution in [0, 0.1) is 6.92 Å². The summed E-state index contributed by atoms with van der Waals surface area (Å²) in [6.07, 6.45) is 2.97. The number of carboxylic acid groups (broad SMARTS) is 1. The highest BCUT2D eigenvalue weighted by Gasteiger charge is 2.15. The van der Waals surface area contributed by atoms with Crippen molar-refractivity contribution in [2.24, 2.45) is 0 Å². The summed E-state index contributed by atoms with van der Waals surface area (Å²) in [6.45, 7) is 1.64. The zero-order valence-corrected chi connectivity index (χ0v) is 8.26. The summed E-state index contributed by atoms with van der Waals surface area (Å²) in [7, 11) is 1.47. The minimum atomic E-state index is -1.02. The van der Waals surface area contributed by atoms with E-state index in [-0.39, 0.29) is 5.69 Å². The molecule has 0 saturated carbocycles. The molecule has 0 spiro atoms. The number of aromatic carboxylic acids is 1. The van der Waals surface area contributed by atoms with Gasteiger partial charge in [-0.15, -0.1) is 0 Å². The van der Waals surface area contributed by atoms with Crippen LogP contribution in [-0.2, 0) is 0 Å². The second-order valence-corrected chi connectivity index (χ2v) is 3.01. The SMILES string of the molecule is COc1cn2c(C(=O)O)c(C)nc2cn1. The molecule has 15 heavy (non-hydrogen) atoms. The molecule has 0 radical (unpaired) electrons. The van der Waals surface area contributed by atoms with E-state index >= 15 is 0 Å². The van der Waals surface area contributed by atoms with Gasteiger partial charge in [-0.25, -0.2) is 14.8 Å². The van der Waals surface area contributed by atoms with Gasteiger partial charge in [0.05, 0.1) is 25.2 Å². The minimum absolute atomic E-state index is 0.130. The molecule has 6 heteroatoms. The number of rotatable bonds is 2. The van der Waals surface area contributed by atoms with Gasteiger partial charge in [-0.2, -0.15) is 0 Å². The van der Waals surface area contributed by atoms with E-state index in [1.54, 1.807) is 6.92 Å². The molecule has 2 aromatic heterocycles. The quantitative estimate of drug-likeness (QED) is 0.786. The molecule has 6 nitrogen and oxygen atoms in total. The van der Waals surface area contributed by atoms with Crippen LogP contribution >= 0.6 is 0 Å². The molecule has 0 amide bonds. The summed E-state index contributed by atoms with van der Waals surface area (Å²) < 4.78 is 6.36. The van der Waals surface area contributed by atoms with E-state index in [1.807, 2.05) is 0 Å². The molecule has 0 aliphatic heterocycles. The van der Waals surface area contributed by atoms with Gasteiger partial charge in [0.25, 0.3) is 0 Å². The van der Waals surface area contributed by atoms with Crippen molar-refractivity contribution in [2.45, 2.75) is 6.92 Å². The Labute approximate surface area is 85.2 Å². The maximum Gasteiger partial charge on any atom is 0.354 e.